The Kier molecular flexibility index (Phi) is 6.87. The number of hydrogen-bond donors (Lipinski definition) is 3. The highest BCUT2D eigenvalue weighted by atomic mass is 16.5. The molecule has 0 amide bonds. The van der Waals surface area contributed by atoms with Crippen molar-refractivity contribution in [3.8, 4) is 0 Å². The van der Waals surface area contributed by atoms with Crippen LogP contribution in [0.1, 0.15) is 12.8 Å². The molecule has 0 aromatic heterocycles. The molecule has 1 aliphatic heterocycles. The monoisotopic (exact) mass is 219 g/mol. The number of piperidine rings is 1. The van der Waals surface area contributed by atoms with Crippen molar-refractivity contribution in [1.82, 2.24) is 5.32 Å². The summed E-state index contributed by atoms with van der Waals surface area (Å²) in [5.74, 6) is 0. The third kappa shape index (κ3) is 6.06. The second kappa shape index (κ2) is 8.01. The molecule has 1 unspecified atom stereocenters. The van der Waals surface area contributed by atoms with Crippen LogP contribution in [0.5, 0.6) is 0 Å². The van der Waals surface area contributed by atoms with Gasteiger partial charge in [0.15, 0.2) is 0 Å². The molecule has 1 rings (SSSR count). The predicted octanol–water partition coefficient (Wildman–Crippen LogP) is -0.875. The molecular weight excluding hydrogens is 198 g/mol. The Morgan fingerprint density at radius 1 is 1.27 bits per heavy atom. The Hall–Kier alpha value is -0.200. The summed E-state index contributed by atoms with van der Waals surface area (Å²) in [5, 5.41) is 20.8. The van der Waals surface area contributed by atoms with Crippen molar-refractivity contribution < 1.29 is 19.7 Å². The van der Waals surface area contributed by atoms with Crippen molar-refractivity contribution in [2.24, 2.45) is 0 Å². The van der Waals surface area contributed by atoms with Gasteiger partial charge in [0.05, 0.1) is 32.5 Å². The second-order valence-electron chi connectivity index (χ2n) is 3.73. The maximum atomic E-state index is 8.98. The summed E-state index contributed by atoms with van der Waals surface area (Å²) in [6, 6.07) is 0. The van der Waals surface area contributed by atoms with E-state index in [1.165, 1.54) is 0 Å². The number of hydrogen-bond acceptors (Lipinski definition) is 5. The zero-order chi connectivity index (χ0) is 10.9. The number of aliphatic hydroxyl groups is 2. The van der Waals surface area contributed by atoms with Crippen molar-refractivity contribution in [2.75, 3.05) is 39.5 Å². The van der Waals surface area contributed by atoms with Crippen molar-refractivity contribution in [3.63, 3.8) is 0 Å². The molecule has 0 aromatic rings. The highest BCUT2D eigenvalue weighted by molar-refractivity contribution is 4.67. The zero-order valence-electron chi connectivity index (χ0n) is 9.02. The van der Waals surface area contributed by atoms with Gasteiger partial charge in [-0.15, -0.1) is 0 Å². The number of aliphatic hydroxyl groups excluding tert-OH is 2. The van der Waals surface area contributed by atoms with Gasteiger partial charge in [0.2, 0.25) is 0 Å². The Morgan fingerprint density at radius 3 is 2.67 bits per heavy atom. The van der Waals surface area contributed by atoms with E-state index in [9.17, 15) is 0 Å². The highest BCUT2D eigenvalue weighted by Gasteiger charge is 2.12. The van der Waals surface area contributed by atoms with Gasteiger partial charge >= 0.3 is 0 Å². The van der Waals surface area contributed by atoms with Crippen LogP contribution in [0.2, 0.25) is 0 Å². The summed E-state index contributed by atoms with van der Waals surface area (Å²) >= 11 is 0. The van der Waals surface area contributed by atoms with Gasteiger partial charge < -0.3 is 25.0 Å². The molecule has 0 spiro atoms. The first-order valence-electron chi connectivity index (χ1n) is 5.52. The van der Waals surface area contributed by atoms with Gasteiger partial charge in [-0.3, -0.25) is 0 Å². The quantitative estimate of drug-likeness (QED) is 0.485. The molecule has 15 heavy (non-hydrogen) atoms. The lowest BCUT2D eigenvalue weighted by molar-refractivity contribution is -0.0359. The first-order chi connectivity index (χ1) is 7.33. The molecule has 3 N–H and O–H groups in total. The average Bonchev–Trinajstić information content (AvgIpc) is 2.29. The van der Waals surface area contributed by atoms with Crippen molar-refractivity contribution in [1.29, 1.82) is 0 Å². The third-order valence-corrected chi connectivity index (χ3v) is 2.39. The first-order valence-corrected chi connectivity index (χ1v) is 5.52. The molecule has 0 aromatic carbocycles. The standard InChI is InChI=1S/C10H21NO4/c12-7-9(13)8-14-5-6-15-10-1-3-11-4-2-10/h9-13H,1-8H2. The van der Waals surface area contributed by atoms with E-state index in [0.717, 1.165) is 25.9 Å². The third-order valence-electron chi connectivity index (χ3n) is 2.39. The Labute approximate surface area is 90.4 Å². The fourth-order valence-electron chi connectivity index (χ4n) is 1.51. The van der Waals surface area contributed by atoms with Crippen molar-refractivity contribution >= 4 is 0 Å². The van der Waals surface area contributed by atoms with Crippen LogP contribution in [0.25, 0.3) is 0 Å². The molecule has 1 atom stereocenters. The molecule has 0 saturated carbocycles. The van der Waals surface area contributed by atoms with E-state index in [2.05, 4.69) is 5.32 Å². The van der Waals surface area contributed by atoms with Crippen LogP contribution < -0.4 is 5.32 Å². The van der Waals surface area contributed by atoms with E-state index in [1.54, 1.807) is 0 Å². The molecule has 1 saturated heterocycles. The van der Waals surface area contributed by atoms with Crippen LogP contribution in [0.3, 0.4) is 0 Å². The molecule has 1 aliphatic rings. The van der Waals surface area contributed by atoms with Gasteiger partial charge in [-0.2, -0.15) is 0 Å². The minimum Gasteiger partial charge on any atom is -0.394 e. The van der Waals surface area contributed by atoms with Crippen molar-refractivity contribution in [2.45, 2.75) is 25.0 Å². The molecular formula is C10H21NO4. The van der Waals surface area contributed by atoms with Gasteiger partial charge in [-0.05, 0) is 25.9 Å². The topological polar surface area (TPSA) is 71.0 Å². The lowest BCUT2D eigenvalue weighted by atomic mass is 10.1. The van der Waals surface area contributed by atoms with E-state index >= 15 is 0 Å². The fourth-order valence-corrected chi connectivity index (χ4v) is 1.51. The largest absolute Gasteiger partial charge is 0.394 e. The molecule has 1 heterocycles. The van der Waals surface area contributed by atoms with Gasteiger partial charge in [-0.1, -0.05) is 0 Å². The van der Waals surface area contributed by atoms with Crippen LogP contribution in [0.4, 0.5) is 0 Å². The van der Waals surface area contributed by atoms with Gasteiger partial charge in [0.25, 0.3) is 0 Å². The van der Waals surface area contributed by atoms with E-state index in [1.807, 2.05) is 0 Å². The first kappa shape index (κ1) is 12.9. The van der Waals surface area contributed by atoms with E-state index in [4.69, 9.17) is 19.7 Å². The minimum absolute atomic E-state index is 0.173. The minimum atomic E-state index is -0.774. The smallest absolute Gasteiger partial charge is 0.100 e. The number of ether oxygens (including phenoxy) is 2. The van der Waals surface area contributed by atoms with Crippen molar-refractivity contribution in [3.05, 3.63) is 0 Å². The highest BCUT2D eigenvalue weighted by Crippen LogP contribution is 2.06. The lowest BCUT2D eigenvalue weighted by Crippen LogP contribution is -2.33. The van der Waals surface area contributed by atoms with E-state index < -0.39 is 6.10 Å². The summed E-state index contributed by atoms with van der Waals surface area (Å²) in [6.07, 6.45) is 1.68. The number of rotatable bonds is 7. The maximum absolute atomic E-state index is 8.98. The lowest BCUT2D eigenvalue weighted by Gasteiger charge is -2.22. The fraction of sp³-hybridized carbons (Fsp3) is 1.00. The number of nitrogens with one attached hydrogen (secondary N) is 1. The zero-order valence-corrected chi connectivity index (χ0v) is 9.02. The molecule has 90 valence electrons. The SMILES string of the molecule is OCC(O)COCCOC1CCNCC1. The molecule has 1 fully saturated rings. The summed E-state index contributed by atoms with van der Waals surface area (Å²) in [5.41, 5.74) is 0. The summed E-state index contributed by atoms with van der Waals surface area (Å²) in [7, 11) is 0. The van der Waals surface area contributed by atoms with Crippen LogP contribution in [-0.4, -0.2) is 61.9 Å². The molecule has 0 aliphatic carbocycles. The summed E-state index contributed by atoms with van der Waals surface area (Å²) in [6.45, 7) is 2.99. The molecule has 5 nitrogen and oxygen atoms in total. The Morgan fingerprint density at radius 2 is 2.00 bits per heavy atom. The van der Waals surface area contributed by atoms with E-state index in [-0.39, 0.29) is 13.2 Å². The van der Waals surface area contributed by atoms with Gasteiger partial charge in [-0.25, -0.2) is 0 Å². The summed E-state index contributed by atoms with van der Waals surface area (Å²) < 4.78 is 10.7. The summed E-state index contributed by atoms with van der Waals surface area (Å²) in [4.78, 5) is 0. The normalized spacial score (nSPS) is 20.4. The second-order valence-corrected chi connectivity index (χ2v) is 3.73. The average molecular weight is 219 g/mol. The van der Waals surface area contributed by atoms with Crippen LogP contribution in [0.15, 0.2) is 0 Å². The molecule has 0 bridgehead atoms. The molecule has 5 heteroatoms. The Bertz CT molecular complexity index is 150. The van der Waals surface area contributed by atoms with E-state index in [0.29, 0.717) is 19.3 Å². The molecule has 0 radical (unpaired) electrons. The predicted molar refractivity (Wildman–Crippen MR) is 55.8 cm³/mol. The van der Waals surface area contributed by atoms with Gasteiger partial charge in [0, 0.05) is 0 Å². The maximum Gasteiger partial charge on any atom is 0.100 e. The van der Waals surface area contributed by atoms with Crippen LogP contribution in [0, 0.1) is 0 Å². The Balaban J connectivity index is 1.87. The van der Waals surface area contributed by atoms with Crippen LogP contribution in [-0.2, 0) is 9.47 Å². The van der Waals surface area contributed by atoms with Gasteiger partial charge in [0.1, 0.15) is 6.10 Å². The van der Waals surface area contributed by atoms with Crippen LogP contribution >= 0.6 is 0 Å².